The number of nitrogens with zero attached hydrogens (tertiary/aromatic N) is 5. The Morgan fingerprint density at radius 2 is 1.85 bits per heavy atom. The molecule has 1 N–H and O–H groups in total. The van der Waals surface area contributed by atoms with Crippen LogP contribution in [0.15, 0.2) is 55.0 Å². The number of fused-ring (bicyclic) bond motifs is 1. The van der Waals surface area contributed by atoms with E-state index in [1.54, 1.807) is 24.6 Å². The lowest BCUT2D eigenvalue weighted by atomic mass is 9.75. The van der Waals surface area contributed by atoms with Gasteiger partial charge < -0.3 is 14.7 Å². The molecule has 4 aromatic rings. The fourth-order valence-electron chi connectivity index (χ4n) is 5.65. The number of aliphatic hydroxyl groups is 1. The second-order valence-corrected chi connectivity index (χ2v) is 12.2. The summed E-state index contributed by atoms with van der Waals surface area (Å²) >= 11 is 0. The normalized spacial score (nSPS) is 15.1. The van der Waals surface area contributed by atoms with Crippen LogP contribution >= 0.6 is 0 Å². The lowest BCUT2D eigenvalue weighted by molar-refractivity contribution is 0.0283. The third-order valence-corrected chi connectivity index (χ3v) is 8.00. The predicted octanol–water partition coefficient (Wildman–Crippen LogP) is 5.91. The minimum Gasteiger partial charge on any atom is -0.489 e. The van der Waals surface area contributed by atoms with Crippen molar-refractivity contribution in [2.24, 2.45) is 5.41 Å². The molecule has 0 radical (unpaired) electrons. The summed E-state index contributed by atoms with van der Waals surface area (Å²) in [5.41, 5.74) is 4.69. The zero-order chi connectivity index (χ0) is 29.4. The summed E-state index contributed by atoms with van der Waals surface area (Å²) < 4.78 is 7.48. The van der Waals surface area contributed by atoms with Crippen LogP contribution in [0.2, 0.25) is 0 Å². The monoisotopic (exact) mass is 551 g/mol. The summed E-state index contributed by atoms with van der Waals surface area (Å²) in [5.74, 6) is 1.66. The minimum absolute atomic E-state index is 0.0485. The number of carbonyl (C=O) groups excluding carboxylic acids is 1. The van der Waals surface area contributed by atoms with Gasteiger partial charge in [-0.05, 0) is 75.3 Å². The first kappa shape index (κ1) is 28.3. The maximum Gasteiger partial charge on any atom is 0.163 e. The van der Waals surface area contributed by atoms with Crippen molar-refractivity contribution in [3.8, 4) is 22.9 Å². The van der Waals surface area contributed by atoms with Crippen LogP contribution in [0.4, 0.5) is 5.82 Å². The van der Waals surface area contributed by atoms with Crippen molar-refractivity contribution in [3.63, 3.8) is 0 Å². The van der Waals surface area contributed by atoms with E-state index in [0.29, 0.717) is 23.3 Å². The third-order valence-electron chi connectivity index (χ3n) is 8.00. The Kier molecular flexibility index (Phi) is 7.58. The van der Waals surface area contributed by atoms with E-state index >= 15 is 0 Å². The van der Waals surface area contributed by atoms with Crippen molar-refractivity contribution < 1.29 is 14.6 Å². The second kappa shape index (κ2) is 11.0. The molecule has 1 aliphatic heterocycles. The molecule has 3 aromatic heterocycles. The first-order valence-electron chi connectivity index (χ1n) is 14.0. The average Bonchev–Trinajstić information content (AvgIpc) is 3.34. The summed E-state index contributed by atoms with van der Waals surface area (Å²) in [5, 5.41) is 24.1. The molecule has 8 heteroatoms. The number of aryl methyl sites for hydroxylation is 2. The summed E-state index contributed by atoms with van der Waals surface area (Å²) in [6.07, 6.45) is 7.44. The van der Waals surface area contributed by atoms with Crippen LogP contribution in [0.5, 0.6) is 5.75 Å². The summed E-state index contributed by atoms with van der Waals surface area (Å²) in [4.78, 5) is 20.3. The van der Waals surface area contributed by atoms with Crippen molar-refractivity contribution in [2.75, 3.05) is 24.6 Å². The number of hydrogen-bond acceptors (Lipinski definition) is 7. The molecule has 0 amide bonds. The highest BCUT2D eigenvalue weighted by Gasteiger charge is 2.33. The molecule has 0 aliphatic carbocycles. The van der Waals surface area contributed by atoms with E-state index in [2.05, 4.69) is 23.0 Å². The maximum atomic E-state index is 13.2. The predicted molar refractivity (Wildman–Crippen MR) is 159 cm³/mol. The van der Waals surface area contributed by atoms with Crippen LogP contribution in [-0.2, 0) is 0 Å². The molecule has 1 aromatic carbocycles. The Hall–Kier alpha value is -4.22. The van der Waals surface area contributed by atoms with E-state index < -0.39 is 5.60 Å². The molecule has 41 heavy (non-hydrogen) atoms. The quantitative estimate of drug-likeness (QED) is 0.271. The molecule has 1 saturated heterocycles. The Morgan fingerprint density at radius 3 is 2.46 bits per heavy atom. The van der Waals surface area contributed by atoms with E-state index in [9.17, 15) is 15.2 Å². The van der Waals surface area contributed by atoms with Gasteiger partial charge in [-0.2, -0.15) is 10.4 Å². The molecule has 0 bridgehead atoms. The zero-order valence-corrected chi connectivity index (χ0v) is 24.4. The Balaban J connectivity index is 1.32. The highest BCUT2D eigenvalue weighted by Crippen LogP contribution is 2.38. The Labute approximate surface area is 241 Å². The lowest BCUT2D eigenvalue weighted by Crippen LogP contribution is -2.40. The van der Waals surface area contributed by atoms with Gasteiger partial charge in [-0.3, -0.25) is 4.79 Å². The number of nitriles is 1. The van der Waals surface area contributed by atoms with Crippen molar-refractivity contribution in [2.45, 2.75) is 59.5 Å². The highest BCUT2D eigenvalue weighted by atomic mass is 16.5. The summed E-state index contributed by atoms with van der Waals surface area (Å²) in [6, 6.07) is 14.1. The first-order valence-corrected chi connectivity index (χ1v) is 14.0. The molecule has 1 fully saturated rings. The van der Waals surface area contributed by atoms with Gasteiger partial charge in [0.1, 0.15) is 24.2 Å². The number of anilines is 1. The van der Waals surface area contributed by atoms with Gasteiger partial charge in [0.15, 0.2) is 5.78 Å². The SMILES string of the molecule is Cc1cccc(C)c1C(=O)CC1(C)CCN(c2ccc(-c3cc(OCC(C)(C)O)cn4ncc(C#N)c34)cn2)CC1. The molecular weight excluding hydrogens is 514 g/mol. The number of ketones is 1. The van der Waals surface area contributed by atoms with Crippen LogP contribution in [-0.4, -0.2) is 50.8 Å². The van der Waals surface area contributed by atoms with Crippen molar-refractivity contribution in [1.29, 1.82) is 5.26 Å². The molecule has 212 valence electrons. The van der Waals surface area contributed by atoms with Gasteiger partial charge in [0.05, 0.1) is 29.1 Å². The fourth-order valence-corrected chi connectivity index (χ4v) is 5.65. The number of aromatic nitrogens is 3. The summed E-state index contributed by atoms with van der Waals surface area (Å²) in [6.45, 7) is 11.4. The van der Waals surface area contributed by atoms with Gasteiger partial charge >= 0.3 is 0 Å². The van der Waals surface area contributed by atoms with E-state index in [-0.39, 0.29) is 17.8 Å². The van der Waals surface area contributed by atoms with E-state index in [4.69, 9.17) is 9.72 Å². The number of rotatable bonds is 8. The molecule has 0 saturated carbocycles. The molecule has 0 spiro atoms. The van der Waals surface area contributed by atoms with Crippen LogP contribution < -0.4 is 9.64 Å². The number of carbonyl (C=O) groups is 1. The molecular formula is C33H37N5O3. The van der Waals surface area contributed by atoms with Gasteiger partial charge in [-0.25, -0.2) is 9.50 Å². The van der Waals surface area contributed by atoms with Crippen molar-refractivity contribution >= 4 is 17.1 Å². The van der Waals surface area contributed by atoms with Crippen LogP contribution in [0.1, 0.15) is 67.1 Å². The molecule has 8 nitrogen and oxygen atoms in total. The number of pyridine rings is 2. The van der Waals surface area contributed by atoms with Crippen molar-refractivity contribution in [1.82, 2.24) is 14.6 Å². The van der Waals surface area contributed by atoms with E-state index in [0.717, 1.165) is 59.6 Å². The van der Waals surface area contributed by atoms with Gasteiger partial charge in [0.2, 0.25) is 0 Å². The topological polar surface area (TPSA) is 104 Å². The van der Waals surface area contributed by atoms with Crippen LogP contribution in [0.25, 0.3) is 16.6 Å². The van der Waals surface area contributed by atoms with Gasteiger partial charge in [-0.15, -0.1) is 0 Å². The largest absolute Gasteiger partial charge is 0.489 e. The molecule has 4 heterocycles. The van der Waals surface area contributed by atoms with Crippen LogP contribution in [0.3, 0.4) is 0 Å². The van der Waals surface area contributed by atoms with Crippen LogP contribution in [0, 0.1) is 30.6 Å². The summed E-state index contributed by atoms with van der Waals surface area (Å²) in [7, 11) is 0. The Morgan fingerprint density at radius 1 is 1.15 bits per heavy atom. The van der Waals surface area contributed by atoms with Crippen molar-refractivity contribution in [3.05, 3.63) is 77.2 Å². The number of hydrogen-bond donors (Lipinski definition) is 1. The molecule has 5 rings (SSSR count). The third kappa shape index (κ3) is 6.10. The first-order chi connectivity index (χ1) is 19.5. The highest BCUT2D eigenvalue weighted by molar-refractivity contribution is 5.99. The second-order valence-electron chi connectivity index (χ2n) is 12.2. The molecule has 0 atom stereocenters. The number of piperidine rings is 1. The van der Waals surface area contributed by atoms with Gasteiger partial charge in [0.25, 0.3) is 0 Å². The smallest absolute Gasteiger partial charge is 0.163 e. The van der Waals surface area contributed by atoms with Gasteiger partial charge in [-0.1, -0.05) is 25.1 Å². The Bertz CT molecular complexity index is 1600. The molecule has 0 unspecified atom stereocenters. The minimum atomic E-state index is -0.989. The number of benzene rings is 1. The fraction of sp³-hybridized carbons (Fsp3) is 0.394. The van der Waals surface area contributed by atoms with E-state index in [1.165, 1.54) is 6.20 Å². The average molecular weight is 552 g/mol. The number of Topliss-reactive ketones (excluding diaryl/α,β-unsaturated/α-hetero) is 1. The maximum absolute atomic E-state index is 13.2. The zero-order valence-electron chi connectivity index (χ0n) is 24.4. The number of ether oxygens (including phenoxy) is 1. The lowest BCUT2D eigenvalue weighted by Gasteiger charge is -2.39. The standard InChI is InChI=1S/C33H37N5O3/c1-22-7-6-8-23(2)30(22)28(39)16-33(5)11-13-37(14-12-33)29-10-9-24(18-35-29)27-15-26(41-21-32(3,4)40)20-38-31(27)25(17-34)19-36-38/h6-10,15,18-20,40H,11-14,16,21H2,1-5H3. The van der Waals surface area contributed by atoms with E-state index in [1.807, 2.05) is 56.4 Å². The van der Waals surface area contributed by atoms with Gasteiger partial charge in [0, 0.05) is 42.4 Å². The molecule has 1 aliphatic rings.